The lowest BCUT2D eigenvalue weighted by Crippen LogP contribution is -2.44. The van der Waals surface area contributed by atoms with E-state index in [0.29, 0.717) is 17.4 Å². The average Bonchev–Trinajstić information content (AvgIpc) is 3.15. The molecule has 4 heterocycles. The Morgan fingerprint density at radius 1 is 1.32 bits per heavy atom. The maximum absolute atomic E-state index is 5.41. The molecule has 1 saturated heterocycles. The monoisotopic (exact) mass is 300 g/mol. The number of pyridine rings is 1. The first-order valence-electron chi connectivity index (χ1n) is 7.19. The van der Waals surface area contributed by atoms with Gasteiger partial charge in [0, 0.05) is 25.8 Å². The first kappa shape index (κ1) is 13.4. The summed E-state index contributed by atoms with van der Waals surface area (Å²) in [4.78, 5) is 11.0. The van der Waals surface area contributed by atoms with Gasteiger partial charge in [-0.1, -0.05) is 10.3 Å². The van der Waals surface area contributed by atoms with Crippen LogP contribution in [0.1, 0.15) is 17.6 Å². The van der Waals surface area contributed by atoms with E-state index < -0.39 is 0 Å². The Balaban J connectivity index is 1.68. The fourth-order valence-corrected chi connectivity index (χ4v) is 2.64. The molecule has 4 rings (SSSR count). The van der Waals surface area contributed by atoms with Gasteiger partial charge in [0.2, 0.25) is 0 Å². The molecule has 1 N–H and O–H groups in total. The highest BCUT2D eigenvalue weighted by molar-refractivity contribution is 5.79. The normalized spacial score (nSPS) is 19.8. The first-order valence-corrected chi connectivity index (χ1v) is 7.19. The Labute approximate surface area is 126 Å². The second-order valence-electron chi connectivity index (χ2n) is 5.50. The van der Waals surface area contributed by atoms with Gasteiger partial charge in [0.25, 0.3) is 11.6 Å². The molecule has 1 aliphatic rings. The first-order chi connectivity index (χ1) is 10.7. The topological polar surface area (TPSA) is 93.1 Å². The standard InChI is InChI=1S/C14H16N6O2/c1-8-10-5-9(6-16-14(10)22-18-8)13-17-12(19-21-13)11-7-15-3-4-20(11)2/h5-6,11,15H,3-4,7H2,1-2H3. The number of aryl methyl sites for hydroxylation is 1. The number of nitrogens with one attached hydrogen (secondary N) is 1. The molecule has 0 bridgehead atoms. The van der Waals surface area contributed by atoms with E-state index in [4.69, 9.17) is 9.05 Å². The van der Waals surface area contributed by atoms with Gasteiger partial charge in [-0.05, 0) is 20.0 Å². The number of rotatable bonds is 2. The minimum Gasteiger partial charge on any atom is -0.336 e. The van der Waals surface area contributed by atoms with Crippen molar-refractivity contribution >= 4 is 11.1 Å². The Morgan fingerprint density at radius 2 is 2.23 bits per heavy atom. The van der Waals surface area contributed by atoms with Crippen molar-refractivity contribution < 1.29 is 9.05 Å². The minimum atomic E-state index is 0.125. The maximum atomic E-state index is 5.41. The summed E-state index contributed by atoms with van der Waals surface area (Å²) in [7, 11) is 2.07. The van der Waals surface area contributed by atoms with Crippen molar-refractivity contribution in [1.29, 1.82) is 0 Å². The van der Waals surface area contributed by atoms with Crippen LogP contribution in [0.5, 0.6) is 0 Å². The fraction of sp³-hybridized carbons (Fsp3) is 0.429. The van der Waals surface area contributed by atoms with Gasteiger partial charge in [-0.3, -0.25) is 4.90 Å². The van der Waals surface area contributed by atoms with Gasteiger partial charge in [0.15, 0.2) is 5.82 Å². The van der Waals surface area contributed by atoms with Gasteiger partial charge in [-0.2, -0.15) is 4.98 Å². The van der Waals surface area contributed by atoms with Crippen LogP contribution in [0, 0.1) is 6.92 Å². The van der Waals surface area contributed by atoms with E-state index in [1.807, 2.05) is 13.0 Å². The molecular weight excluding hydrogens is 284 g/mol. The molecule has 1 aliphatic heterocycles. The van der Waals surface area contributed by atoms with Crippen LogP contribution in [0.4, 0.5) is 0 Å². The van der Waals surface area contributed by atoms with Crippen LogP contribution in [-0.2, 0) is 0 Å². The van der Waals surface area contributed by atoms with Gasteiger partial charge in [0.05, 0.1) is 22.7 Å². The van der Waals surface area contributed by atoms with Crippen LogP contribution < -0.4 is 5.32 Å². The van der Waals surface area contributed by atoms with Crippen molar-refractivity contribution in [3.05, 3.63) is 23.8 Å². The lowest BCUT2D eigenvalue weighted by Gasteiger charge is -2.30. The number of hydrogen-bond donors (Lipinski definition) is 1. The zero-order valence-corrected chi connectivity index (χ0v) is 12.4. The summed E-state index contributed by atoms with van der Waals surface area (Å²) in [6.45, 7) is 4.63. The van der Waals surface area contributed by atoms with E-state index in [2.05, 4.69) is 37.5 Å². The van der Waals surface area contributed by atoms with Crippen LogP contribution in [0.2, 0.25) is 0 Å². The molecule has 8 heteroatoms. The molecular formula is C14H16N6O2. The van der Waals surface area contributed by atoms with Crippen LogP contribution in [0.15, 0.2) is 21.3 Å². The van der Waals surface area contributed by atoms with Gasteiger partial charge in [-0.25, -0.2) is 4.98 Å². The average molecular weight is 300 g/mol. The number of aromatic nitrogens is 4. The zero-order chi connectivity index (χ0) is 15.1. The Kier molecular flexibility index (Phi) is 3.12. The third-order valence-electron chi connectivity index (χ3n) is 4.01. The molecule has 0 radical (unpaired) electrons. The molecule has 22 heavy (non-hydrogen) atoms. The molecule has 3 aromatic heterocycles. The lowest BCUT2D eigenvalue weighted by molar-refractivity contribution is 0.190. The van der Waals surface area contributed by atoms with Crippen LogP contribution in [-0.4, -0.2) is 51.9 Å². The number of piperazine rings is 1. The van der Waals surface area contributed by atoms with Crippen molar-refractivity contribution in [2.45, 2.75) is 13.0 Å². The van der Waals surface area contributed by atoms with E-state index in [1.165, 1.54) is 0 Å². The smallest absolute Gasteiger partial charge is 0.259 e. The number of fused-ring (bicyclic) bond motifs is 1. The molecule has 1 fully saturated rings. The summed E-state index contributed by atoms with van der Waals surface area (Å²) in [6.07, 6.45) is 1.66. The maximum Gasteiger partial charge on any atom is 0.259 e. The van der Waals surface area contributed by atoms with Crippen LogP contribution in [0.25, 0.3) is 22.6 Å². The van der Waals surface area contributed by atoms with Gasteiger partial charge in [0.1, 0.15) is 0 Å². The highest BCUT2D eigenvalue weighted by atomic mass is 16.5. The fourth-order valence-electron chi connectivity index (χ4n) is 2.64. The van der Waals surface area contributed by atoms with E-state index in [1.54, 1.807) is 6.20 Å². The van der Waals surface area contributed by atoms with Crippen molar-refractivity contribution in [3.8, 4) is 11.5 Å². The predicted molar refractivity (Wildman–Crippen MR) is 78.1 cm³/mol. The Morgan fingerprint density at radius 3 is 3.09 bits per heavy atom. The number of likely N-dealkylation sites (N-methyl/N-ethyl adjacent to an activating group) is 1. The molecule has 0 amide bonds. The molecule has 0 saturated carbocycles. The second-order valence-corrected chi connectivity index (χ2v) is 5.50. The van der Waals surface area contributed by atoms with E-state index >= 15 is 0 Å². The number of hydrogen-bond acceptors (Lipinski definition) is 8. The molecule has 3 aromatic rings. The number of nitrogens with zero attached hydrogens (tertiary/aromatic N) is 5. The highest BCUT2D eigenvalue weighted by Crippen LogP contribution is 2.25. The van der Waals surface area contributed by atoms with Crippen molar-refractivity contribution in [1.82, 2.24) is 30.5 Å². The summed E-state index contributed by atoms with van der Waals surface area (Å²) in [5.41, 5.74) is 2.07. The largest absolute Gasteiger partial charge is 0.336 e. The molecule has 114 valence electrons. The molecule has 0 aromatic carbocycles. The van der Waals surface area contributed by atoms with Gasteiger partial charge >= 0.3 is 0 Å². The zero-order valence-electron chi connectivity index (χ0n) is 12.4. The Bertz CT molecular complexity index is 811. The Hall–Kier alpha value is -2.32. The van der Waals surface area contributed by atoms with Crippen molar-refractivity contribution in [2.75, 3.05) is 26.7 Å². The van der Waals surface area contributed by atoms with E-state index in [9.17, 15) is 0 Å². The molecule has 8 nitrogen and oxygen atoms in total. The van der Waals surface area contributed by atoms with Gasteiger partial charge in [-0.15, -0.1) is 0 Å². The van der Waals surface area contributed by atoms with Crippen LogP contribution in [0.3, 0.4) is 0 Å². The third-order valence-corrected chi connectivity index (χ3v) is 4.01. The summed E-state index contributed by atoms with van der Waals surface area (Å²) in [5, 5.41) is 12.2. The van der Waals surface area contributed by atoms with Crippen LogP contribution >= 0.6 is 0 Å². The lowest BCUT2D eigenvalue weighted by atomic mass is 10.2. The SMILES string of the molecule is Cc1noc2ncc(-c3nc(C4CNCCN4C)no3)cc12. The summed E-state index contributed by atoms with van der Waals surface area (Å²) in [6, 6.07) is 2.04. The summed E-state index contributed by atoms with van der Waals surface area (Å²) < 4.78 is 10.5. The van der Waals surface area contributed by atoms with E-state index in [-0.39, 0.29) is 6.04 Å². The van der Waals surface area contributed by atoms with Crippen molar-refractivity contribution in [2.24, 2.45) is 0 Å². The van der Waals surface area contributed by atoms with Gasteiger partial charge < -0.3 is 14.4 Å². The predicted octanol–water partition coefficient (Wildman–Crippen LogP) is 1.16. The summed E-state index contributed by atoms with van der Waals surface area (Å²) >= 11 is 0. The molecule has 0 spiro atoms. The quantitative estimate of drug-likeness (QED) is 0.753. The highest BCUT2D eigenvalue weighted by Gasteiger charge is 2.25. The second kappa shape index (κ2) is 5.15. The van der Waals surface area contributed by atoms with Crippen molar-refractivity contribution in [3.63, 3.8) is 0 Å². The summed E-state index contributed by atoms with van der Waals surface area (Å²) in [5.74, 6) is 1.15. The molecule has 0 aliphatic carbocycles. The molecule has 1 atom stereocenters. The van der Waals surface area contributed by atoms with E-state index in [0.717, 1.165) is 36.3 Å². The third kappa shape index (κ3) is 2.16. The minimum absolute atomic E-state index is 0.125. The molecule has 1 unspecified atom stereocenters.